The number of amides is 6. The Kier molecular flexibility index (Phi) is 21.2. The van der Waals surface area contributed by atoms with Gasteiger partial charge in [-0.25, -0.2) is 29.4 Å². The Morgan fingerprint density at radius 1 is 0.550 bits per heavy atom. The van der Waals surface area contributed by atoms with Gasteiger partial charge < -0.3 is 39.8 Å². The number of ether oxygens (including phenoxy) is 4. The molecule has 18 nitrogen and oxygen atoms in total. The summed E-state index contributed by atoms with van der Waals surface area (Å²) < 4.78 is 23.0. The van der Waals surface area contributed by atoms with E-state index in [1.165, 1.54) is 6.42 Å². The Bertz CT molecular complexity index is 3310. The standard InChI is InChI=1S/C32H32N4O5.C27H24N4O4.CH4O.2CH4/c37-30-21-34-32(38)36(30)29-19-28(35-27-14-15-33-20-26(27)29)24-8-6-22(7-9-24)23-10-12-25(13-11-23)39-16-3-4-18-41-31-5-1-2-17-40-31;32-13-1-2-14-35-21-9-7-19(8-10-21)18-3-5-20(6-4-18)24-15-25(31-26(33)17-29-27(31)34)22-16-28-12-11-23(22)30-24;1-2;;/h6-15,19-20,31H,1-5,16-18,21H2,(H,34,38);3-12,15-16,32H,1-2,13-14,17H2,(H,29,34);2H,1H3;2*1H4. The number of aliphatic hydroxyl groups excluding tert-OH is 2. The number of fused-ring (bicyclic) bond motifs is 2. The molecule has 4 aromatic heterocycles. The Hall–Kier alpha value is -8.68. The van der Waals surface area contributed by atoms with Crippen LogP contribution in [0.15, 0.2) is 146 Å². The summed E-state index contributed by atoms with van der Waals surface area (Å²) in [7, 11) is 1.00. The number of rotatable bonds is 18. The molecule has 416 valence electrons. The van der Waals surface area contributed by atoms with Gasteiger partial charge in [0.15, 0.2) is 6.29 Å². The van der Waals surface area contributed by atoms with Crippen LogP contribution in [0, 0.1) is 0 Å². The molecule has 1 unspecified atom stereocenters. The van der Waals surface area contributed by atoms with Crippen molar-refractivity contribution in [3.63, 3.8) is 0 Å². The molecular formula is C62H68N8O10. The number of pyridine rings is 4. The van der Waals surface area contributed by atoms with E-state index in [0.717, 1.165) is 107 Å². The minimum Gasteiger partial charge on any atom is -0.494 e. The zero-order chi connectivity index (χ0) is 54.2. The molecule has 4 aromatic carbocycles. The summed E-state index contributed by atoms with van der Waals surface area (Å²) in [6, 6.07) is 38.1. The number of urea groups is 2. The maximum atomic E-state index is 12.4. The molecule has 7 heterocycles. The van der Waals surface area contributed by atoms with Crippen molar-refractivity contribution >= 4 is 57.1 Å². The van der Waals surface area contributed by atoms with Gasteiger partial charge in [0.25, 0.3) is 11.8 Å². The number of aliphatic hydroxyl groups is 2. The fraction of sp³-hybridized carbons (Fsp3) is 0.290. The number of aromatic nitrogens is 4. The summed E-state index contributed by atoms with van der Waals surface area (Å²) >= 11 is 0. The third-order valence-corrected chi connectivity index (χ3v) is 13.2. The van der Waals surface area contributed by atoms with E-state index in [1.807, 2.05) is 97.1 Å². The van der Waals surface area contributed by atoms with Gasteiger partial charge in [-0.2, -0.15) is 0 Å². The first-order chi connectivity index (χ1) is 38.3. The summed E-state index contributed by atoms with van der Waals surface area (Å²) in [5, 5.41) is 22.3. The predicted molar refractivity (Wildman–Crippen MR) is 310 cm³/mol. The van der Waals surface area contributed by atoms with E-state index >= 15 is 0 Å². The van der Waals surface area contributed by atoms with Gasteiger partial charge in [-0.3, -0.25) is 19.6 Å². The van der Waals surface area contributed by atoms with Crippen molar-refractivity contribution in [2.45, 2.75) is 66.1 Å². The van der Waals surface area contributed by atoms with Crippen LogP contribution in [-0.2, 0) is 19.1 Å². The second kappa shape index (κ2) is 28.8. The van der Waals surface area contributed by atoms with E-state index in [1.54, 1.807) is 49.1 Å². The molecule has 80 heavy (non-hydrogen) atoms. The Morgan fingerprint density at radius 2 is 0.963 bits per heavy atom. The molecule has 4 N–H and O–H groups in total. The van der Waals surface area contributed by atoms with E-state index in [-0.39, 0.29) is 52.7 Å². The normalized spacial score (nSPS) is 14.7. The summed E-state index contributed by atoms with van der Waals surface area (Å²) in [5.41, 5.74) is 9.54. The monoisotopic (exact) mass is 1080 g/mol. The highest BCUT2D eigenvalue weighted by atomic mass is 16.7. The van der Waals surface area contributed by atoms with Gasteiger partial charge >= 0.3 is 12.1 Å². The van der Waals surface area contributed by atoms with Gasteiger partial charge in [0.05, 0.1) is 60.1 Å². The van der Waals surface area contributed by atoms with Crippen LogP contribution in [0.4, 0.5) is 21.0 Å². The molecule has 0 bridgehead atoms. The molecule has 6 amide bonds. The number of carbonyl (C=O) groups is 4. The van der Waals surface area contributed by atoms with Crippen LogP contribution in [0.3, 0.4) is 0 Å². The van der Waals surface area contributed by atoms with Crippen molar-refractivity contribution in [3.05, 3.63) is 146 Å². The van der Waals surface area contributed by atoms with Crippen molar-refractivity contribution in [3.8, 4) is 56.3 Å². The second-order valence-corrected chi connectivity index (χ2v) is 18.3. The average Bonchev–Trinajstić information content (AvgIpc) is 4.09. The molecule has 3 saturated heterocycles. The van der Waals surface area contributed by atoms with Crippen LogP contribution >= 0.6 is 0 Å². The highest BCUT2D eigenvalue weighted by Gasteiger charge is 2.33. The van der Waals surface area contributed by atoms with Gasteiger partial charge in [-0.15, -0.1) is 0 Å². The maximum absolute atomic E-state index is 12.4. The molecule has 11 rings (SSSR count). The molecule has 0 radical (unpaired) electrons. The maximum Gasteiger partial charge on any atom is 0.329 e. The zero-order valence-electron chi connectivity index (χ0n) is 43.2. The van der Waals surface area contributed by atoms with Crippen molar-refractivity contribution in [1.82, 2.24) is 30.6 Å². The van der Waals surface area contributed by atoms with Crippen LogP contribution in [-0.4, -0.2) is 114 Å². The van der Waals surface area contributed by atoms with Crippen molar-refractivity contribution in [2.24, 2.45) is 0 Å². The number of nitrogens with zero attached hydrogens (tertiary/aromatic N) is 6. The third kappa shape index (κ3) is 14.3. The van der Waals surface area contributed by atoms with Crippen molar-refractivity contribution in [1.29, 1.82) is 0 Å². The summed E-state index contributed by atoms with van der Waals surface area (Å²) in [4.78, 5) is 69.7. The lowest BCUT2D eigenvalue weighted by Crippen LogP contribution is -2.31. The zero-order valence-corrected chi connectivity index (χ0v) is 43.2. The lowest BCUT2D eigenvalue weighted by Gasteiger charge is -2.22. The quantitative estimate of drug-likeness (QED) is 0.0463. The molecule has 8 aromatic rings. The van der Waals surface area contributed by atoms with Crippen LogP contribution in [0.1, 0.15) is 59.8 Å². The summed E-state index contributed by atoms with van der Waals surface area (Å²) in [6.45, 7) is 2.85. The highest BCUT2D eigenvalue weighted by molar-refractivity contribution is 6.24. The van der Waals surface area contributed by atoms with Crippen molar-refractivity contribution in [2.75, 3.05) is 63.0 Å². The Labute approximate surface area is 465 Å². The molecular weight excluding hydrogens is 1020 g/mol. The number of hydrogen-bond donors (Lipinski definition) is 4. The first-order valence-electron chi connectivity index (χ1n) is 26.0. The topological polar surface area (TPSA) is 228 Å². The first kappa shape index (κ1) is 59.0. The SMILES string of the molecule is C.C.CO.O=C1CNC(=O)N1c1cc(-c2ccc(-c3ccc(OCCCCO)cc3)cc2)nc2ccncc12.O=C1CNC(=O)N1c1cc(-c2ccc(-c3ccc(OCCCCOC4CCCCO4)cc3)cc2)nc2ccncc12. The summed E-state index contributed by atoms with van der Waals surface area (Å²) in [6.07, 6.45) is 13.2. The van der Waals surface area contributed by atoms with Crippen LogP contribution < -0.4 is 29.9 Å². The Morgan fingerprint density at radius 3 is 1.36 bits per heavy atom. The molecule has 0 aliphatic carbocycles. The number of benzene rings is 4. The van der Waals surface area contributed by atoms with Crippen LogP contribution in [0.2, 0.25) is 0 Å². The highest BCUT2D eigenvalue weighted by Crippen LogP contribution is 2.35. The van der Waals surface area contributed by atoms with Crippen LogP contribution in [0.25, 0.3) is 66.6 Å². The minimum absolute atomic E-state index is 0. The van der Waals surface area contributed by atoms with Gasteiger partial charge in [-0.05, 0) is 116 Å². The first-order valence-corrected chi connectivity index (χ1v) is 26.0. The summed E-state index contributed by atoms with van der Waals surface area (Å²) in [5.74, 6) is 1.02. The van der Waals surface area contributed by atoms with E-state index in [0.29, 0.717) is 64.4 Å². The van der Waals surface area contributed by atoms with E-state index in [2.05, 4.69) is 20.6 Å². The minimum atomic E-state index is -0.450. The number of hydrogen-bond acceptors (Lipinski definition) is 14. The number of imide groups is 2. The molecule has 18 heteroatoms. The smallest absolute Gasteiger partial charge is 0.329 e. The third-order valence-electron chi connectivity index (χ3n) is 13.2. The van der Waals surface area contributed by atoms with Gasteiger partial charge in [0, 0.05) is 73.6 Å². The molecule has 0 saturated carbocycles. The fourth-order valence-electron chi connectivity index (χ4n) is 9.11. The molecule has 3 aliphatic rings. The van der Waals surface area contributed by atoms with Crippen molar-refractivity contribution < 1.29 is 48.3 Å². The molecule has 3 fully saturated rings. The lowest BCUT2D eigenvalue weighted by molar-refractivity contribution is -0.162. The molecule has 3 aliphatic heterocycles. The van der Waals surface area contributed by atoms with Gasteiger partial charge in [-0.1, -0.05) is 87.6 Å². The van der Waals surface area contributed by atoms with E-state index in [4.69, 9.17) is 39.1 Å². The fourth-order valence-corrected chi connectivity index (χ4v) is 9.11. The molecule has 1 atom stereocenters. The number of carbonyl (C=O) groups excluding carboxylic acids is 4. The van der Waals surface area contributed by atoms with E-state index < -0.39 is 12.1 Å². The predicted octanol–water partition coefficient (Wildman–Crippen LogP) is 10.8. The van der Waals surface area contributed by atoms with Gasteiger partial charge in [0.2, 0.25) is 0 Å². The Balaban J connectivity index is 0.000000221. The number of unbranched alkanes of at least 4 members (excludes halogenated alkanes) is 2. The largest absolute Gasteiger partial charge is 0.494 e. The second-order valence-electron chi connectivity index (χ2n) is 18.3. The average molecular weight is 1090 g/mol. The lowest BCUT2D eigenvalue weighted by atomic mass is 10.0. The number of anilines is 2. The van der Waals surface area contributed by atoms with E-state index in [9.17, 15) is 19.2 Å². The van der Waals surface area contributed by atoms with Crippen LogP contribution in [0.5, 0.6) is 11.5 Å². The molecule has 0 spiro atoms. The van der Waals surface area contributed by atoms with Gasteiger partial charge in [0.1, 0.15) is 11.5 Å². The number of nitrogens with one attached hydrogen (secondary N) is 2.